The van der Waals surface area contributed by atoms with Crippen LogP contribution < -0.4 is 19.7 Å². The summed E-state index contributed by atoms with van der Waals surface area (Å²) in [4.78, 5) is 4.50. The molecule has 1 aliphatic rings. The fraction of sp³-hybridized carbons (Fsp3) is 0.304. The summed E-state index contributed by atoms with van der Waals surface area (Å²) in [5, 5.41) is 18.9. The molecule has 1 aromatic heterocycles. The molecule has 0 unspecified atom stereocenters. The molecule has 7 heteroatoms. The van der Waals surface area contributed by atoms with Crippen molar-refractivity contribution in [1.82, 2.24) is 9.55 Å². The number of nitrogens with one attached hydrogen (secondary N) is 1. The second-order valence-electron chi connectivity index (χ2n) is 7.73. The van der Waals surface area contributed by atoms with Gasteiger partial charge in [0.2, 0.25) is 5.88 Å². The van der Waals surface area contributed by atoms with Crippen molar-refractivity contribution in [1.29, 1.82) is 5.41 Å². The van der Waals surface area contributed by atoms with Gasteiger partial charge in [-0.3, -0.25) is 5.41 Å². The molecule has 3 aromatic rings. The average molecular weight is 407 g/mol. The van der Waals surface area contributed by atoms with Crippen LogP contribution in [0.3, 0.4) is 0 Å². The minimum atomic E-state index is -0.302. The average Bonchev–Trinajstić information content (AvgIpc) is 2.73. The van der Waals surface area contributed by atoms with Gasteiger partial charge in [0.25, 0.3) is 0 Å². The van der Waals surface area contributed by atoms with Gasteiger partial charge in [-0.05, 0) is 29.7 Å². The monoisotopic (exact) mass is 407 g/mol. The number of ether oxygens (including phenoxy) is 3. The van der Waals surface area contributed by atoms with Crippen molar-refractivity contribution in [2.24, 2.45) is 5.92 Å². The lowest BCUT2D eigenvalue weighted by atomic mass is 9.83. The Kier molecular flexibility index (Phi) is 5.11. The molecular weight excluding hydrogens is 382 g/mol. The predicted octanol–water partition coefficient (Wildman–Crippen LogP) is 4.03. The first-order valence-electron chi connectivity index (χ1n) is 9.79. The van der Waals surface area contributed by atoms with Gasteiger partial charge in [-0.1, -0.05) is 26.0 Å². The van der Waals surface area contributed by atoms with Crippen molar-refractivity contribution >= 4 is 0 Å². The topological polar surface area (TPSA) is 89.6 Å². The molecule has 0 aliphatic carbocycles. The number of nitrogens with zero attached hydrogens (tertiary/aromatic N) is 2. The van der Waals surface area contributed by atoms with Crippen molar-refractivity contribution in [3.8, 4) is 28.9 Å². The summed E-state index contributed by atoms with van der Waals surface area (Å²) in [6, 6.07) is 10.8. The first-order valence-corrected chi connectivity index (χ1v) is 9.79. The molecule has 0 fully saturated rings. The molecule has 0 saturated carbocycles. The van der Waals surface area contributed by atoms with E-state index in [1.54, 1.807) is 32.7 Å². The Labute approximate surface area is 175 Å². The van der Waals surface area contributed by atoms with Crippen LogP contribution in [0.25, 0.3) is 0 Å². The first kappa shape index (κ1) is 19.8. The van der Waals surface area contributed by atoms with Gasteiger partial charge in [-0.25, -0.2) is 4.98 Å². The van der Waals surface area contributed by atoms with Crippen molar-refractivity contribution in [2.75, 3.05) is 14.2 Å². The summed E-state index contributed by atoms with van der Waals surface area (Å²) < 4.78 is 18.7. The fourth-order valence-electron chi connectivity index (χ4n) is 3.87. The predicted molar refractivity (Wildman–Crippen MR) is 112 cm³/mol. The molecule has 30 heavy (non-hydrogen) atoms. The van der Waals surface area contributed by atoms with Crippen molar-refractivity contribution in [3.63, 3.8) is 0 Å². The summed E-state index contributed by atoms with van der Waals surface area (Å²) in [5.74, 6) is 2.31. The minimum Gasteiger partial charge on any atom is -0.508 e. The maximum absolute atomic E-state index is 9.96. The van der Waals surface area contributed by atoms with Gasteiger partial charge >= 0.3 is 0 Å². The summed E-state index contributed by atoms with van der Waals surface area (Å²) >= 11 is 0. The van der Waals surface area contributed by atoms with E-state index in [4.69, 9.17) is 19.6 Å². The van der Waals surface area contributed by atoms with Gasteiger partial charge in [0.1, 0.15) is 23.3 Å². The van der Waals surface area contributed by atoms with Gasteiger partial charge in [-0.2, -0.15) is 0 Å². The Morgan fingerprint density at radius 1 is 1.13 bits per heavy atom. The second kappa shape index (κ2) is 7.74. The van der Waals surface area contributed by atoms with Crippen molar-refractivity contribution in [2.45, 2.75) is 26.3 Å². The van der Waals surface area contributed by atoms with Crippen LogP contribution in [-0.4, -0.2) is 28.9 Å². The van der Waals surface area contributed by atoms with E-state index in [2.05, 4.69) is 18.8 Å². The van der Waals surface area contributed by atoms with Crippen LogP contribution in [0.1, 0.15) is 36.5 Å². The van der Waals surface area contributed by atoms with Crippen LogP contribution in [0.2, 0.25) is 0 Å². The molecule has 0 amide bonds. The Morgan fingerprint density at radius 3 is 2.60 bits per heavy atom. The molecule has 0 radical (unpaired) electrons. The Bertz CT molecular complexity index is 1150. The first-order chi connectivity index (χ1) is 14.4. The number of rotatable bonds is 5. The number of benzene rings is 2. The molecule has 7 nitrogen and oxygen atoms in total. The number of phenols is 1. The zero-order valence-corrected chi connectivity index (χ0v) is 17.5. The zero-order chi connectivity index (χ0) is 21.4. The number of phenolic OH excluding ortho intramolecular Hbond substituents is 1. The van der Waals surface area contributed by atoms with Gasteiger partial charge in [0, 0.05) is 24.1 Å². The van der Waals surface area contributed by atoms with Crippen LogP contribution >= 0.6 is 0 Å². The SMILES string of the molecule is COc1ccc([C@H]2c3ccc(O)cc3Oc3ncn(CC(C)C)c(=N)c32)cc1OC. The van der Waals surface area contributed by atoms with E-state index in [1.807, 2.05) is 28.8 Å². The Hall–Kier alpha value is -3.48. The number of fused-ring (bicyclic) bond motifs is 2. The Balaban J connectivity index is 1.96. The van der Waals surface area contributed by atoms with Crippen molar-refractivity contribution in [3.05, 3.63) is 64.9 Å². The van der Waals surface area contributed by atoms with Crippen LogP contribution in [0, 0.1) is 11.3 Å². The van der Waals surface area contributed by atoms with E-state index in [1.165, 1.54) is 0 Å². The minimum absolute atomic E-state index is 0.111. The highest BCUT2D eigenvalue weighted by Gasteiger charge is 2.33. The lowest BCUT2D eigenvalue weighted by molar-refractivity contribution is 0.354. The van der Waals surface area contributed by atoms with Gasteiger partial charge in [0.15, 0.2) is 11.5 Å². The van der Waals surface area contributed by atoms with Crippen molar-refractivity contribution < 1.29 is 19.3 Å². The molecule has 0 saturated heterocycles. The van der Waals surface area contributed by atoms with Gasteiger partial charge in [0.05, 0.1) is 19.8 Å². The number of aromatic hydroxyl groups is 1. The third kappa shape index (κ3) is 3.36. The normalized spacial score (nSPS) is 14.6. The number of methoxy groups -OCH3 is 2. The maximum atomic E-state index is 9.96. The lowest BCUT2D eigenvalue weighted by Crippen LogP contribution is -2.30. The van der Waals surface area contributed by atoms with E-state index in [0.717, 1.165) is 11.1 Å². The molecule has 2 N–H and O–H groups in total. The summed E-state index contributed by atoms with van der Waals surface area (Å²) in [6.07, 6.45) is 1.64. The van der Waals surface area contributed by atoms with Crippen LogP contribution in [0.15, 0.2) is 42.7 Å². The molecule has 2 aromatic carbocycles. The molecule has 0 bridgehead atoms. The highest BCUT2D eigenvalue weighted by Crippen LogP contribution is 2.47. The summed E-state index contributed by atoms with van der Waals surface area (Å²) in [7, 11) is 3.19. The highest BCUT2D eigenvalue weighted by molar-refractivity contribution is 5.58. The maximum Gasteiger partial charge on any atom is 0.228 e. The van der Waals surface area contributed by atoms with E-state index in [-0.39, 0.29) is 11.7 Å². The zero-order valence-electron chi connectivity index (χ0n) is 17.5. The molecule has 1 atom stereocenters. The lowest BCUT2D eigenvalue weighted by Gasteiger charge is -2.29. The quantitative estimate of drug-likeness (QED) is 0.521. The van der Waals surface area contributed by atoms with Crippen LogP contribution in [-0.2, 0) is 6.54 Å². The number of aromatic nitrogens is 2. The molecule has 156 valence electrons. The molecule has 4 rings (SSSR count). The standard InChI is InChI=1S/C23H25N3O4/c1-13(2)11-26-12-25-23-21(22(26)24)20(16-7-6-15(27)10-18(16)30-23)14-5-8-17(28-3)19(9-14)29-4/h5-10,12-13,20,24,27H,11H2,1-4H3/t20-/m0/s1. The van der Waals surface area contributed by atoms with Gasteiger partial charge in [-0.15, -0.1) is 0 Å². The number of hydrogen-bond acceptors (Lipinski definition) is 6. The molecule has 2 heterocycles. The largest absolute Gasteiger partial charge is 0.508 e. The molecule has 0 spiro atoms. The Morgan fingerprint density at radius 2 is 1.90 bits per heavy atom. The summed E-state index contributed by atoms with van der Waals surface area (Å²) in [5.41, 5.74) is 2.81. The summed E-state index contributed by atoms with van der Waals surface area (Å²) in [6.45, 7) is 4.89. The second-order valence-corrected chi connectivity index (χ2v) is 7.73. The highest BCUT2D eigenvalue weighted by atomic mass is 16.5. The van der Waals surface area contributed by atoms with Crippen LogP contribution in [0.5, 0.6) is 28.9 Å². The van der Waals surface area contributed by atoms with Gasteiger partial charge < -0.3 is 23.9 Å². The number of hydrogen-bond donors (Lipinski definition) is 2. The smallest absolute Gasteiger partial charge is 0.228 e. The van der Waals surface area contributed by atoms with E-state index < -0.39 is 0 Å². The third-order valence-corrected chi connectivity index (χ3v) is 5.19. The van der Waals surface area contributed by atoms with E-state index in [0.29, 0.717) is 46.6 Å². The fourth-order valence-corrected chi connectivity index (χ4v) is 3.87. The van der Waals surface area contributed by atoms with E-state index >= 15 is 0 Å². The molecular formula is C23H25N3O4. The van der Waals surface area contributed by atoms with Crippen LogP contribution in [0.4, 0.5) is 0 Å². The third-order valence-electron chi connectivity index (χ3n) is 5.19. The van der Waals surface area contributed by atoms with E-state index in [9.17, 15) is 5.11 Å². The molecule has 1 aliphatic heterocycles.